The first-order chi connectivity index (χ1) is 16.4. The SMILES string of the molecule is Cc1ccc([C@@H]2OC3(C(=O)c4ccccc4C3=O)[C@@H]3C(=O)N(Cc4ccccc4)C(=O)[C@H]32)cc1. The van der Waals surface area contributed by atoms with E-state index in [1.165, 1.54) is 4.90 Å². The van der Waals surface area contributed by atoms with E-state index in [4.69, 9.17) is 4.74 Å². The van der Waals surface area contributed by atoms with Crippen LogP contribution >= 0.6 is 0 Å². The molecule has 1 aliphatic carbocycles. The molecule has 1 spiro atoms. The standard InChI is InChI=1S/C28H21NO5/c1-16-11-13-18(14-12-16)23-21-22(27(33)29(26(21)32)15-17-7-3-2-4-8-17)28(34-23)24(30)19-9-5-6-10-20(19)25(28)31/h2-14,21-23H,15H2,1H3/t21-,22+,23+/m1/s1. The van der Waals surface area contributed by atoms with E-state index in [0.717, 1.165) is 11.1 Å². The number of nitrogens with zero attached hydrogens (tertiary/aromatic N) is 1. The number of imide groups is 1. The number of ketones is 2. The Balaban J connectivity index is 1.49. The van der Waals surface area contributed by atoms with Crippen LogP contribution < -0.4 is 0 Å². The number of benzene rings is 3. The average Bonchev–Trinajstić information content (AvgIpc) is 3.41. The van der Waals surface area contributed by atoms with Crippen molar-refractivity contribution >= 4 is 23.4 Å². The van der Waals surface area contributed by atoms with Crippen LogP contribution in [0.4, 0.5) is 0 Å². The van der Waals surface area contributed by atoms with Gasteiger partial charge in [-0.1, -0.05) is 84.4 Å². The van der Waals surface area contributed by atoms with Crippen LogP contribution in [0.2, 0.25) is 0 Å². The predicted molar refractivity (Wildman–Crippen MR) is 122 cm³/mol. The van der Waals surface area contributed by atoms with E-state index in [2.05, 4.69) is 0 Å². The summed E-state index contributed by atoms with van der Waals surface area (Å²) in [6.45, 7) is 2.02. The predicted octanol–water partition coefficient (Wildman–Crippen LogP) is 3.69. The van der Waals surface area contributed by atoms with E-state index in [1.54, 1.807) is 24.3 Å². The molecule has 3 aliphatic rings. The Labute approximate surface area is 196 Å². The molecule has 0 saturated carbocycles. The molecule has 2 amide bonds. The summed E-state index contributed by atoms with van der Waals surface area (Å²) >= 11 is 0. The Bertz CT molecular complexity index is 1330. The normalized spacial score (nSPS) is 24.7. The van der Waals surface area contributed by atoms with Crippen LogP contribution in [0.1, 0.15) is 43.5 Å². The third-order valence-electron chi connectivity index (χ3n) is 7.20. The molecule has 6 nitrogen and oxygen atoms in total. The molecule has 2 fully saturated rings. The molecule has 2 heterocycles. The summed E-state index contributed by atoms with van der Waals surface area (Å²) in [7, 11) is 0. The molecule has 2 aliphatic heterocycles. The largest absolute Gasteiger partial charge is 0.349 e. The molecule has 6 rings (SSSR count). The van der Waals surface area contributed by atoms with E-state index in [9.17, 15) is 19.2 Å². The highest BCUT2D eigenvalue weighted by molar-refractivity contribution is 6.35. The van der Waals surface area contributed by atoms with Gasteiger partial charge in [0.15, 0.2) is 0 Å². The van der Waals surface area contributed by atoms with Crippen molar-refractivity contribution in [3.63, 3.8) is 0 Å². The van der Waals surface area contributed by atoms with E-state index in [0.29, 0.717) is 5.56 Å². The number of hydrogen-bond donors (Lipinski definition) is 0. The van der Waals surface area contributed by atoms with Crippen molar-refractivity contribution in [2.45, 2.75) is 25.2 Å². The molecule has 34 heavy (non-hydrogen) atoms. The van der Waals surface area contributed by atoms with Crippen molar-refractivity contribution in [3.05, 3.63) is 107 Å². The molecule has 2 saturated heterocycles. The quantitative estimate of drug-likeness (QED) is 0.448. The zero-order chi connectivity index (χ0) is 23.6. The smallest absolute Gasteiger partial charge is 0.237 e. The fraction of sp³-hybridized carbons (Fsp3) is 0.214. The Morgan fingerprint density at radius 1 is 0.765 bits per heavy atom. The van der Waals surface area contributed by atoms with Gasteiger partial charge in [-0.15, -0.1) is 0 Å². The van der Waals surface area contributed by atoms with Crippen LogP contribution in [0.5, 0.6) is 0 Å². The molecule has 3 aromatic rings. The van der Waals surface area contributed by atoms with Crippen LogP contribution in [0.3, 0.4) is 0 Å². The van der Waals surface area contributed by atoms with Crippen molar-refractivity contribution in [2.24, 2.45) is 11.8 Å². The lowest BCUT2D eigenvalue weighted by atomic mass is 9.77. The number of Topliss-reactive ketones (excluding diaryl/α,β-unsaturated/α-hetero) is 2. The zero-order valence-electron chi connectivity index (χ0n) is 18.4. The van der Waals surface area contributed by atoms with Gasteiger partial charge in [0.2, 0.25) is 29.0 Å². The zero-order valence-corrected chi connectivity index (χ0v) is 18.4. The van der Waals surface area contributed by atoms with Crippen molar-refractivity contribution < 1.29 is 23.9 Å². The van der Waals surface area contributed by atoms with Gasteiger partial charge in [-0.25, -0.2) is 0 Å². The van der Waals surface area contributed by atoms with E-state index in [-0.39, 0.29) is 17.7 Å². The lowest BCUT2D eigenvalue weighted by Crippen LogP contribution is -2.50. The van der Waals surface area contributed by atoms with Gasteiger partial charge in [-0.2, -0.15) is 0 Å². The summed E-state index contributed by atoms with van der Waals surface area (Å²) in [5.74, 6) is -4.20. The molecular formula is C28H21NO5. The number of amides is 2. The summed E-state index contributed by atoms with van der Waals surface area (Å²) in [5.41, 5.74) is 0.917. The third kappa shape index (κ3) is 2.66. The van der Waals surface area contributed by atoms with Crippen LogP contribution in [-0.4, -0.2) is 33.9 Å². The fourth-order valence-electron chi connectivity index (χ4n) is 5.56. The minimum atomic E-state index is -2.03. The number of carbonyl (C=O) groups is 4. The maximum atomic E-state index is 13.8. The molecule has 168 valence electrons. The summed E-state index contributed by atoms with van der Waals surface area (Å²) in [5, 5.41) is 0. The van der Waals surface area contributed by atoms with Gasteiger partial charge < -0.3 is 4.74 Å². The van der Waals surface area contributed by atoms with Crippen LogP contribution in [0, 0.1) is 18.8 Å². The number of rotatable bonds is 3. The number of aryl methyl sites for hydroxylation is 1. The van der Waals surface area contributed by atoms with Gasteiger partial charge >= 0.3 is 0 Å². The summed E-state index contributed by atoms with van der Waals surface area (Å²) in [4.78, 5) is 56.0. The Hall–Kier alpha value is -3.90. The van der Waals surface area contributed by atoms with Crippen molar-refractivity contribution in [3.8, 4) is 0 Å². The van der Waals surface area contributed by atoms with Gasteiger partial charge in [-0.3, -0.25) is 24.1 Å². The molecule has 0 unspecified atom stereocenters. The summed E-state index contributed by atoms with van der Waals surface area (Å²) in [6.07, 6.45) is -0.884. The maximum absolute atomic E-state index is 13.8. The second kappa shape index (κ2) is 7.30. The van der Waals surface area contributed by atoms with Gasteiger partial charge in [-0.05, 0) is 18.1 Å². The van der Waals surface area contributed by atoms with Gasteiger partial charge in [0.1, 0.15) is 0 Å². The molecule has 0 aromatic heterocycles. The first kappa shape index (κ1) is 20.7. The molecule has 0 radical (unpaired) electrons. The van der Waals surface area contributed by atoms with E-state index >= 15 is 0 Å². The fourth-order valence-corrected chi connectivity index (χ4v) is 5.56. The second-order valence-electron chi connectivity index (χ2n) is 9.14. The highest BCUT2D eigenvalue weighted by Gasteiger charge is 2.74. The van der Waals surface area contributed by atoms with Gasteiger partial charge in [0.05, 0.1) is 24.5 Å². The monoisotopic (exact) mass is 451 g/mol. The van der Waals surface area contributed by atoms with Crippen LogP contribution in [0.15, 0.2) is 78.9 Å². The maximum Gasteiger partial charge on any atom is 0.237 e. The molecule has 0 N–H and O–H groups in total. The third-order valence-corrected chi connectivity index (χ3v) is 7.20. The summed E-state index contributed by atoms with van der Waals surface area (Å²) < 4.78 is 6.28. The number of ether oxygens (including phenoxy) is 1. The Morgan fingerprint density at radius 3 is 1.97 bits per heavy atom. The highest BCUT2D eigenvalue weighted by atomic mass is 16.5. The van der Waals surface area contributed by atoms with E-state index in [1.807, 2.05) is 61.5 Å². The first-order valence-electron chi connectivity index (χ1n) is 11.3. The minimum Gasteiger partial charge on any atom is -0.349 e. The Morgan fingerprint density at radius 2 is 1.35 bits per heavy atom. The lowest BCUT2D eigenvalue weighted by molar-refractivity contribution is -0.145. The number of carbonyl (C=O) groups excluding carboxylic acids is 4. The molecular weight excluding hydrogens is 430 g/mol. The molecule has 3 aromatic carbocycles. The minimum absolute atomic E-state index is 0.0809. The average molecular weight is 451 g/mol. The summed E-state index contributed by atoms with van der Waals surface area (Å²) in [6, 6.07) is 23.1. The van der Waals surface area contributed by atoms with Crippen molar-refractivity contribution in [1.29, 1.82) is 0 Å². The van der Waals surface area contributed by atoms with Gasteiger partial charge in [0.25, 0.3) is 0 Å². The second-order valence-corrected chi connectivity index (χ2v) is 9.14. The molecule has 3 atom stereocenters. The molecule has 6 heteroatoms. The Kier molecular flexibility index (Phi) is 4.44. The number of fused-ring (bicyclic) bond motifs is 3. The number of likely N-dealkylation sites (tertiary alicyclic amines) is 1. The topological polar surface area (TPSA) is 80.8 Å². The molecule has 0 bridgehead atoms. The van der Waals surface area contributed by atoms with E-state index < -0.39 is 46.9 Å². The highest BCUT2D eigenvalue weighted by Crippen LogP contribution is 2.57. The van der Waals surface area contributed by atoms with Crippen LogP contribution in [0.25, 0.3) is 0 Å². The van der Waals surface area contributed by atoms with Crippen molar-refractivity contribution in [1.82, 2.24) is 4.90 Å². The van der Waals surface area contributed by atoms with Gasteiger partial charge in [0, 0.05) is 11.1 Å². The first-order valence-corrected chi connectivity index (χ1v) is 11.3. The van der Waals surface area contributed by atoms with Crippen LogP contribution in [-0.2, 0) is 20.9 Å². The van der Waals surface area contributed by atoms with Crippen molar-refractivity contribution in [2.75, 3.05) is 0 Å². The lowest BCUT2D eigenvalue weighted by Gasteiger charge is -2.27. The number of hydrogen-bond acceptors (Lipinski definition) is 5.